The number of rotatable bonds is 3. The predicted octanol–water partition coefficient (Wildman–Crippen LogP) is 2.10. The first-order valence-electron chi connectivity index (χ1n) is 6.08. The van der Waals surface area contributed by atoms with E-state index >= 15 is 0 Å². The molecule has 1 amide bonds. The van der Waals surface area contributed by atoms with Gasteiger partial charge in [0.1, 0.15) is 0 Å². The van der Waals surface area contributed by atoms with Gasteiger partial charge in [0.15, 0.2) is 0 Å². The summed E-state index contributed by atoms with van der Waals surface area (Å²) in [4.78, 5) is 22.9. The van der Waals surface area contributed by atoms with Crippen LogP contribution in [0.3, 0.4) is 0 Å². The minimum absolute atomic E-state index is 0.0791. The van der Waals surface area contributed by atoms with E-state index in [1.165, 1.54) is 18.2 Å². The van der Waals surface area contributed by atoms with Gasteiger partial charge in [-0.2, -0.15) is 0 Å². The van der Waals surface area contributed by atoms with Crippen molar-refractivity contribution in [2.24, 2.45) is 11.7 Å². The molecule has 2 atom stereocenters. The van der Waals surface area contributed by atoms with E-state index in [4.69, 9.17) is 22.4 Å². The molecule has 2 rings (SSSR count). The molecular weight excluding hydrogens is 268 g/mol. The summed E-state index contributed by atoms with van der Waals surface area (Å²) < 4.78 is 0. The van der Waals surface area contributed by atoms with E-state index in [2.05, 4.69) is 5.32 Å². The van der Waals surface area contributed by atoms with Gasteiger partial charge in [-0.05, 0) is 31.0 Å². The van der Waals surface area contributed by atoms with Crippen LogP contribution in [0.5, 0.6) is 0 Å². The first-order chi connectivity index (χ1) is 8.99. The molecule has 0 aliphatic heterocycles. The lowest BCUT2D eigenvalue weighted by Crippen LogP contribution is -2.34. The summed E-state index contributed by atoms with van der Waals surface area (Å²) in [5.41, 5.74) is 6.25. The Balaban J connectivity index is 2.16. The first-order valence-corrected chi connectivity index (χ1v) is 6.46. The Hall–Kier alpha value is -1.59. The molecular formula is C13H15ClN2O3. The fourth-order valence-corrected chi connectivity index (χ4v) is 2.46. The van der Waals surface area contributed by atoms with Crippen molar-refractivity contribution in [3.05, 3.63) is 28.8 Å². The largest absolute Gasteiger partial charge is 0.478 e. The average molecular weight is 283 g/mol. The highest BCUT2D eigenvalue weighted by molar-refractivity contribution is 6.33. The average Bonchev–Trinajstić information content (AvgIpc) is 2.78. The zero-order chi connectivity index (χ0) is 14.0. The Morgan fingerprint density at radius 2 is 2.11 bits per heavy atom. The van der Waals surface area contributed by atoms with E-state index in [0.717, 1.165) is 19.3 Å². The molecule has 0 heterocycles. The fraction of sp³-hybridized carbons (Fsp3) is 0.385. The van der Waals surface area contributed by atoms with Crippen molar-refractivity contribution < 1.29 is 14.7 Å². The third kappa shape index (κ3) is 3.05. The number of nitrogens with one attached hydrogen (secondary N) is 1. The van der Waals surface area contributed by atoms with Crippen LogP contribution in [-0.2, 0) is 4.79 Å². The maximum atomic E-state index is 12.1. The molecule has 0 aromatic heterocycles. The van der Waals surface area contributed by atoms with Crippen LogP contribution >= 0.6 is 11.6 Å². The Bertz CT molecular complexity index is 519. The summed E-state index contributed by atoms with van der Waals surface area (Å²) in [6, 6.07) is 4.06. The van der Waals surface area contributed by atoms with Gasteiger partial charge in [-0.15, -0.1) is 0 Å². The van der Waals surface area contributed by atoms with Gasteiger partial charge in [-0.1, -0.05) is 18.0 Å². The number of carbonyl (C=O) groups excluding carboxylic acids is 1. The van der Waals surface area contributed by atoms with E-state index < -0.39 is 5.97 Å². The van der Waals surface area contributed by atoms with Gasteiger partial charge in [-0.25, -0.2) is 4.79 Å². The second-order valence-electron chi connectivity index (χ2n) is 4.69. The van der Waals surface area contributed by atoms with Crippen molar-refractivity contribution in [3.63, 3.8) is 0 Å². The smallest absolute Gasteiger partial charge is 0.335 e. The number of anilines is 1. The fourth-order valence-electron chi connectivity index (χ4n) is 2.29. The summed E-state index contributed by atoms with van der Waals surface area (Å²) in [5.74, 6) is -1.50. The van der Waals surface area contributed by atoms with Crippen LogP contribution in [0.15, 0.2) is 18.2 Å². The van der Waals surface area contributed by atoms with E-state index in [0.29, 0.717) is 10.7 Å². The van der Waals surface area contributed by atoms with Crippen molar-refractivity contribution in [2.75, 3.05) is 5.32 Å². The highest BCUT2D eigenvalue weighted by Gasteiger charge is 2.30. The monoisotopic (exact) mass is 282 g/mol. The molecule has 1 aliphatic rings. The lowest BCUT2D eigenvalue weighted by atomic mass is 10.0. The SMILES string of the molecule is NC1CCCC1C(=O)Nc1cc(C(=O)O)ccc1Cl. The third-order valence-corrected chi connectivity index (χ3v) is 3.71. The van der Waals surface area contributed by atoms with Crippen molar-refractivity contribution in [2.45, 2.75) is 25.3 Å². The molecule has 0 bridgehead atoms. The second-order valence-corrected chi connectivity index (χ2v) is 5.10. The Morgan fingerprint density at radius 1 is 1.37 bits per heavy atom. The zero-order valence-corrected chi connectivity index (χ0v) is 11.0. The van der Waals surface area contributed by atoms with Crippen molar-refractivity contribution >= 4 is 29.2 Å². The van der Waals surface area contributed by atoms with Crippen LogP contribution in [0, 0.1) is 5.92 Å². The number of aromatic carboxylic acids is 1. The molecule has 102 valence electrons. The normalized spacial score (nSPS) is 22.2. The number of nitrogens with two attached hydrogens (primary N) is 1. The van der Waals surface area contributed by atoms with Gasteiger partial charge < -0.3 is 16.2 Å². The van der Waals surface area contributed by atoms with Crippen LogP contribution in [-0.4, -0.2) is 23.0 Å². The van der Waals surface area contributed by atoms with Crippen molar-refractivity contribution in [1.29, 1.82) is 0 Å². The highest BCUT2D eigenvalue weighted by atomic mass is 35.5. The lowest BCUT2D eigenvalue weighted by Gasteiger charge is -2.16. The van der Waals surface area contributed by atoms with Crippen molar-refractivity contribution in [1.82, 2.24) is 0 Å². The lowest BCUT2D eigenvalue weighted by molar-refractivity contribution is -0.120. The standard InChI is InChI=1S/C13H15ClN2O3/c14-9-5-4-7(13(18)19)6-11(9)16-12(17)8-2-1-3-10(8)15/h4-6,8,10H,1-3,15H2,(H,16,17)(H,18,19). The molecule has 1 fully saturated rings. The molecule has 1 aromatic rings. The highest BCUT2D eigenvalue weighted by Crippen LogP contribution is 2.28. The van der Waals surface area contributed by atoms with Gasteiger partial charge >= 0.3 is 5.97 Å². The van der Waals surface area contributed by atoms with Gasteiger partial charge in [0, 0.05) is 6.04 Å². The van der Waals surface area contributed by atoms with E-state index in [1.54, 1.807) is 0 Å². The van der Waals surface area contributed by atoms with E-state index in [1.807, 2.05) is 0 Å². The summed E-state index contributed by atoms with van der Waals surface area (Å²) in [7, 11) is 0. The van der Waals surface area contributed by atoms with Crippen LogP contribution in [0.4, 0.5) is 5.69 Å². The summed E-state index contributed by atoms with van der Waals surface area (Å²) in [6.07, 6.45) is 2.52. The minimum atomic E-state index is -1.07. The summed E-state index contributed by atoms with van der Waals surface area (Å²) in [6.45, 7) is 0. The molecule has 1 saturated carbocycles. The quantitative estimate of drug-likeness (QED) is 0.791. The van der Waals surface area contributed by atoms with Crippen LogP contribution in [0.2, 0.25) is 5.02 Å². The maximum absolute atomic E-state index is 12.1. The summed E-state index contributed by atoms with van der Waals surface area (Å²) in [5, 5.41) is 11.9. The van der Waals surface area contributed by atoms with E-state index in [9.17, 15) is 9.59 Å². The van der Waals surface area contributed by atoms with Gasteiger partial charge in [0.25, 0.3) is 0 Å². The number of carbonyl (C=O) groups is 2. The maximum Gasteiger partial charge on any atom is 0.335 e. The minimum Gasteiger partial charge on any atom is -0.478 e. The zero-order valence-electron chi connectivity index (χ0n) is 10.2. The summed E-state index contributed by atoms with van der Waals surface area (Å²) >= 11 is 5.95. The molecule has 2 unspecified atom stereocenters. The second kappa shape index (κ2) is 5.59. The molecule has 4 N–H and O–H groups in total. The van der Waals surface area contributed by atoms with Gasteiger partial charge in [-0.3, -0.25) is 4.79 Å². The Kier molecular flexibility index (Phi) is 4.07. The molecule has 1 aromatic carbocycles. The van der Waals surface area contributed by atoms with Crippen LogP contribution in [0.25, 0.3) is 0 Å². The number of carboxylic acid groups (broad SMARTS) is 1. The molecule has 19 heavy (non-hydrogen) atoms. The van der Waals surface area contributed by atoms with Crippen LogP contribution in [0.1, 0.15) is 29.6 Å². The molecule has 0 spiro atoms. The number of amides is 1. The molecule has 0 saturated heterocycles. The van der Waals surface area contributed by atoms with E-state index in [-0.39, 0.29) is 23.4 Å². The van der Waals surface area contributed by atoms with Crippen LogP contribution < -0.4 is 11.1 Å². The number of halogens is 1. The number of carboxylic acids is 1. The number of benzene rings is 1. The van der Waals surface area contributed by atoms with Gasteiger partial charge in [0.2, 0.25) is 5.91 Å². The topological polar surface area (TPSA) is 92.4 Å². The number of hydrogen-bond acceptors (Lipinski definition) is 3. The van der Waals surface area contributed by atoms with Gasteiger partial charge in [0.05, 0.1) is 22.2 Å². The molecule has 1 aliphatic carbocycles. The van der Waals surface area contributed by atoms with Crippen molar-refractivity contribution in [3.8, 4) is 0 Å². The predicted molar refractivity (Wildman–Crippen MR) is 72.4 cm³/mol. The molecule has 6 heteroatoms. The Labute approximate surface area is 115 Å². The molecule has 5 nitrogen and oxygen atoms in total. The number of hydrogen-bond donors (Lipinski definition) is 3. The molecule has 0 radical (unpaired) electrons. The third-order valence-electron chi connectivity index (χ3n) is 3.38. The first kappa shape index (κ1) is 13.8. The Morgan fingerprint density at radius 3 is 2.68 bits per heavy atom.